The van der Waals surface area contributed by atoms with E-state index in [1.807, 2.05) is 18.7 Å². The minimum absolute atomic E-state index is 0.445. The summed E-state index contributed by atoms with van der Waals surface area (Å²) in [5, 5.41) is 12.8. The van der Waals surface area contributed by atoms with Gasteiger partial charge < -0.3 is 4.74 Å². The largest absolute Gasteiger partial charge is 0.488 e. The molecule has 0 unspecified atom stereocenters. The molecule has 0 saturated carbocycles. The highest BCUT2D eigenvalue weighted by Gasteiger charge is 2.25. The van der Waals surface area contributed by atoms with Gasteiger partial charge in [0.1, 0.15) is 5.82 Å². The molecule has 1 fully saturated rings. The van der Waals surface area contributed by atoms with E-state index in [0.717, 1.165) is 79.5 Å². The number of rotatable bonds is 4. The summed E-state index contributed by atoms with van der Waals surface area (Å²) in [6.45, 7) is 7.54. The summed E-state index contributed by atoms with van der Waals surface area (Å²) in [6, 6.07) is 2.20. The van der Waals surface area contributed by atoms with Crippen molar-refractivity contribution in [1.82, 2.24) is 34.8 Å². The average Bonchev–Trinajstić information content (AvgIpc) is 3.33. The predicted molar refractivity (Wildman–Crippen MR) is 118 cm³/mol. The van der Waals surface area contributed by atoms with E-state index < -0.39 is 0 Å². The molecule has 5 heterocycles. The molecule has 8 nitrogen and oxygen atoms in total. The van der Waals surface area contributed by atoms with Gasteiger partial charge in [-0.15, -0.1) is 0 Å². The standard InChI is InChI=1S/C22H28ClN7O/c1-13-20(14(2)29(3)28-13)18-11-17(26-27-18)15-6-8-30(9-7-15)12-19-24-16-5-4-10-31-21(16)22(23)25-19/h11,15H,4-10,12H2,1-3H3,(H,26,27). The van der Waals surface area contributed by atoms with Gasteiger partial charge in [-0.3, -0.25) is 14.7 Å². The number of hydrogen-bond donors (Lipinski definition) is 1. The molecule has 1 saturated heterocycles. The second kappa shape index (κ2) is 8.24. The SMILES string of the molecule is Cc1nn(C)c(C)c1-c1cc(C2CCN(Cc3nc(Cl)c4c(n3)CCCO4)CC2)[nH]n1. The van der Waals surface area contributed by atoms with Gasteiger partial charge in [0, 0.05) is 29.9 Å². The number of likely N-dealkylation sites (tertiary alicyclic amines) is 1. The number of nitrogens with zero attached hydrogens (tertiary/aromatic N) is 6. The predicted octanol–water partition coefficient (Wildman–Crippen LogP) is 3.58. The Morgan fingerprint density at radius 2 is 2.03 bits per heavy atom. The van der Waals surface area contributed by atoms with Gasteiger partial charge in [-0.1, -0.05) is 11.6 Å². The second-order valence-corrected chi connectivity index (χ2v) is 8.94. The third-order valence-corrected chi connectivity index (χ3v) is 6.76. The summed E-state index contributed by atoms with van der Waals surface area (Å²) >= 11 is 6.33. The highest BCUT2D eigenvalue weighted by molar-refractivity contribution is 6.30. The van der Waals surface area contributed by atoms with Gasteiger partial charge in [0.2, 0.25) is 0 Å². The van der Waals surface area contributed by atoms with Crippen molar-refractivity contribution in [3.63, 3.8) is 0 Å². The van der Waals surface area contributed by atoms with Crippen molar-refractivity contribution in [3.8, 4) is 17.0 Å². The molecular weight excluding hydrogens is 414 g/mol. The van der Waals surface area contributed by atoms with E-state index in [4.69, 9.17) is 21.3 Å². The minimum atomic E-state index is 0.445. The number of hydrogen-bond acceptors (Lipinski definition) is 6. The lowest BCUT2D eigenvalue weighted by Crippen LogP contribution is -2.33. The van der Waals surface area contributed by atoms with Crippen LogP contribution < -0.4 is 4.74 Å². The number of H-pyrrole nitrogens is 1. The van der Waals surface area contributed by atoms with Crippen LogP contribution in [0, 0.1) is 13.8 Å². The molecule has 2 aliphatic heterocycles. The van der Waals surface area contributed by atoms with E-state index in [1.54, 1.807) is 0 Å². The molecular formula is C22H28ClN7O. The molecule has 2 aliphatic rings. The number of aromatic amines is 1. The van der Waals surface area contributed by atoms with Crippen molar-refractivity contribution in [2.24, 2.45) is 7.05 Å². The maximum atomic E-state index is 6.33. The Morgan fingerprint density at radius 1 is 1.23 bits per heavy atom. The first-order valence-corrected chi connectivity index (χ1v) is 11.3. The highest BCUT2D eigenvalue weighted by Crippen LogP contribution is 2.33. The van der Waals surface area contributed by atoms with Gasteiger partial charge >= 0.3 is 0 Å². The maximum absolute atomic E-state index is 6.33. The molecule has 3 aromatic heterocycles. The van der Waals surface area contributed by atoms with E-state index in [9.17, 15) is 0 Å². The van der Waals surface area contributed by atoms with Gasteiger partial charge in [-0.05, 0) is 58.7 Å². The summed E-state index contributed by atoms with van der Waals surface area (Å²) in [6.07, 6.45) is 4.04. The smallest absolute Gasteiger partial charge is 0.178 e. The van der Waals surface area contributed by atoms with Crippen LogP contribution in [0.4, 0.5) is 0 Å². The molecule has 0 aliphatic carbocycles. The third kappa shape index (κ3) is 3.94. The Hall–Kier alpha value is -2.45. The number of aromatic nitrogens is 6. The highest BCUT2D eigenvalue weighted by atomic mass is 35.5. The fourth-order valence-corrected chi connectivity index (χ4v) is 4.99. The lowest BCUT2D eigenvalue weighted by molar-refractivity contribution is 0.198. The fourth-order valence-electron chi connectivity index (χ4n) is 4.73. The Kier molecular flexibility index (Phi) is 5.44. The van der Waals surface area contributed by atoms with Crippen molar-refractivity contribution in [3.05, 3.63) is 39.8 Å². The van der Waals surface area contributed by atoms with Crippen LogP contribution in [0.25, 0.3) is 11.3 Å². The van der Waals surface area contributed by atoms with E-state index in [2.05, 4.69) is 38.2 Å². The van der Waals surface area contributed by atoms with E-state index in [1.165, 1.54) is 5.69 Å². The van der Waals surface area contributed by atoms with Crippen molar-refractivity contribution >= 4 is 11.6 Å². The third-order valence-electron chi connectivity index (χ3n) is 6.50. The first kappa shape index (κ1) is 20.5. The van der Waals surface area contributed by atoms with E-state index in [0.29, 0.717) is 23.4 Å². The number of fused-ring (bicyclic) bond motifs is 1. The van der Waals surface area contributed by atoms with Crippen LogP contribution in [0.15, 0.2) is 6.07 Å². The molecule has 0 spiro atoms. The van der Waals surface area contributed by atoms with Gasteiger partial charge in [0.15, 0.2) is 10.9 Å². The zero-order valence-corrected chi connectivity index (χ0v) is 19.0. The normalized spacial score (nSPS) is 17.5. The summed E-state index contributed by atoms with van der Waals surface area (Å²) in [5.41, 5.74) is 6.43. The average molecular weight is 442 g/mol. The lowest BCUT2D eigenvalue weighted by Gasteiger charge is -2.31. The first-order chi connectivity index (χ1) is 15.0. The fraction of sp³-hybridized carbons (Fsp3) is 0.545. The molecule has 0 bridgehead atoms. The number of piperidine rings is 1. The molecule has 0 aromatic carbocycles. The molecule has 0 radical (unpaired) electrons. The Balaban J connectivity index is 1.23. The van der Waals surface area contributed by atoms with Crippen LogP contribution >= 0.6 is 11.6 Å². The molecule has 0 amide bonds. The van der Waals surface area contributed by atoms with Crippen LogP contribution in [0.5, 0.6) is 5.75 Å². The van der Waals surface area contributed by atoms with Gasteiger partial charge in [-0.2, -0.15) is 10.2 Å². The number of halogens is 1. The van der Waals surface area contributed by atoms with Gasteiger partial charge in [0.25, 0.3) is 0 Å². The topological polar surface area (TPSA) is 84.8 Å². The van der Waals surface area contributed by atoms with Crippen LogP contribution in [0.1, 0.15) is 53.8 Å². The van der Waals surface area contributed by atoms with E-state index in [-0.39, 0.29) is 0 Å². The minimum Gasteiger partial charge on any atom is -0.488 e. The van der Waals surface area contributed by atoms with Crippen LogP contribution in [0.3, 0.4) is 0 Å². The number of aryl methyl sites for hydroxylation is 3. The molecule has 5 rings (SSSR count). The first-order valence-electron chi connectivity index (χ1n) is 11.0. The second-order valence-electron chi connectivity index (χ2n) is 8.59. The molecule has 0 atom stereocenters. The zero-order valence-electron chi connectivity index (χ0n) is 18.3. The molecule has 9 heteroatoms. The molecule has 31 heavy (non-hydrogen) atoms. The van der Waals surface area contributed by atoms with Crippen molar-refractivity contribution in [2.45, 2.75) is 52.0 Å². The van der Waals surface area contributed by atoms with Crippen molar-refractivity contribution in [2.75, 3.05) is 19.7 Å². The number of nitrogens with one attached hydrogen (secondary N) is 1. The Bertz CT molecular complexity index is 1100. The summed E-state index contributed by atoms with van der Waals surface area (Å²) in [5.74, 6) is 1.94. The molecule has 3 aromatic rings. The monoisotopic (exact) mass is 441 g/mol. The summed E-state index contributed by atoms with van der Waals surface area (Å²) < 4.78 is 7.54. The summed E-state index contributed by atoms with van der Waals surface area (Å²) in [7, 11) is 1.97. The van der Waals surface area contributed by atoms with Gasteiger partial charge in [0.05, 0.1) is 30.2 Å². The van der Waals surface area contributed by atoms with Crippen molar-refractivity contribution < 1.29 is 4.74 Å². The zero-order chi connectivity index (χ0) is 21.5. The van der Waals surface area contributed by atoms with Gasteiger partial charge in [-0.25, -0.2) is 9.97 Å². The Labute approximate surface area is 187 Å². The van der Waals surface area contributed by atoms with Crippen LogP contribution in [-0.4, -0.2) is 54.5 Å². The summed E-state index contributed by atoms with van der Waals surface area (Å²) in [4.78, 5) is 11.6. The quantitative estimate of drug-likeness (QED) is 0.623. The van der Waals surface area contributed by atoms with Crippen LogP contribution in [-0.2, 0) is 20.0 Å². The molecule has 164 valence electrons. The lowest BCUT2D eigenvalue weighted by atomic mass is 9.93. The van der Waals surface area contributed by atoms with Crippen molar-refractivity contribution in [1.29, 1.82) is 0 Å². The maximum Gasteiger partial charge on any atom is 0.178 e. The Morgan fingerprint density at radius 3 is 2.77 bits per heavy atom. The number of ether oxygens (including phenoxy) is 1. The van der Waals surface area contributed by atoms with Crippen LogP contribution in [0.2, 0.25) is 5.15 Å². The van der Waals surface area contributed by atoms with E-state index >= 15 is 0 Å². The molecule has 1 N–H and O–H groups in total.